The fourth-order valence-electron chi connectivity index (χ4n) is 2.72. The number of rotatable bonds is 6. The van der Waals surface area contributed by atoms with Gasteiger partial charge in [-0.2, -0.15) is 0 Å². The summed E-state index contributed by atoms with van der Waals surface area (Å²) in [4.78, 5) is 2.50. The van der Waals surface area contributed by atoms with Gasteiger partial charge in [0.15, 0.2) is 0 Å². The molecule has 2 rings (SSSR count). The first-order valence-corrected chi connectivity index (χ1v) is 7.72. The molecule has 1 unspecified atom stereocenters. The molecule has 0 heterocycles. The lowest BCUT2D eigenvalue weighted by Gasteiger charge is -2.29. The smallest absolute Gasteiger partial charge is 0.0370 e. The Bertz CT molecular complexity index is 563. The van der Waals surface area contributed by atoms with Crippen molar-refractivity contribution in [1.82, 2.24) is 4.90 Å². The molecule has 2 nitrogen and oxygen atoms in total. The monoisotopic (exact) mass is 282 g/mol. The van der Waals surface area contributed by atoms with Crippen LogP contribution >= 0.6 is 0 Å². The summed E-state index contributed by atoms with van der Waals surface area (Å²) in [5.41, 5.74) is 5.24. The highest BCUT2D eigenvalue weighted by atomic mass is 15.1. The third-order valence-corrected chi connectivity index (χ3v) is 4.20. The van der Waals surface area contributed by atoms with E-state index in [0.717, 1.165) is 13.1 Å². The molecular weight excluding hydrogens is 256 g/mol. The second-order valence-corrected chi connectivity index (χ2v) is 5.55. The Labute approximate surface area is 128 Å². The second-order valence-electron chi connectivity index (χ2n) is 5.55. The largest absolute Gasteiger partial charge is 0.388 e. The Kier molecular flexibility index (Phi) is 5.40. The van der Waals surface area contributed by atoms with Crippen molar-refractivity contribution in [1.29, 1.82) is 0 Å². The standard InChI is InChI=1S/C19H26N2/c1-5-21(14-17-9-7-6-8-10-17)16(3)18-12-11-15(2)19(13-18)20-4/h6-13,16,20H,5,14H2,1-4H3. The zero-order valence-electron chi connectivity index (χ0n) is 13.6. The van der Waals surface area contributed by atoms with Gasteiger partial charge in [0, 0.05) is 25.3 Å². The molecule has 0 aliphatic rings. The zero-order valence-corrected chi connectivity index (χ0v) is 13.6. The van der Waals surface area contributed by atoms with Gasteiger partial charge in [0.2, 0.25) is 0 Å². The molecule has 1 atom stereocenters. The topological polar surface area (TPSA) is 15.3 Å². The molecule has 2 aromatic carbocycles. The van der Waals surface area contributed by atoms with Gasteiger partial charge in [0.05, 0.1) is 0 Å². The molecule has 21 heavy (non-hydrogen) atoms. The minimum Gasteiger partial charge on any atom is -0.388 e. The van der Waals surface area contributed by atoms with E-state index in [9.17, 15) is 0 Å². The normalized spacial score (nSPS) is 12.4. The van der Waals surface area contributed by atoms with Gasteiger partial charge in [-0.1, -0.05) is 49.4 Å². The molecule has 0 saturated heterocycles. The van der Waals surface area contributed by atoms with Crippen LogP contribution in [0.5, 0.6) is 0 Å². The molecule has 0 aromatic heterocycles. The lowest BCUT2D eigenvalue weighted by atomic mass is 10.0. The summed E-state index contributed by atoms with van der Waals surface area (Å²) in [6.45, 7) is 8.69. The number of anilines is 1. The zero-order chi connectivity index (χ0) is 15.2. The third kappa shape index (κ3) is 3.85. The van der Waals surface area contributed by atoms with Crippen molar-refractivity contribution in [3.8, 4) is 0 Å². The summed E-state index contributed by atoms with van der Waals surface area (Å²) >= 11 is 0. The highest BCUT2D eigenvalue weighted by Crippen LogP contribution is 2.26. The predicted octanol–water partition coefficient (Wildman–Crippen LogP) is 4.62. The Morgan fingerprint density at radius 1 is 1.10 bits per heavy atom. The minimum atomic E-state index is 0.405. The van der Waals surface area contributed by atoms with Gasteiger partial charge in [0.25, 0.3) is 0 Å². The van der Waals surface area contributed by atoms with Crippen LogP contribution in [0.3, 0.4) is 0 Å². The average molecular weight is 282 g/mol. The average Bonchev–Trinajstić information content (AvgIpc) is 2.53. The van der Waals surface area contributed by atoms with Crippen LogP contribution in [-0.4, -0.2) is 18.5 Å². The molecule has 0 saturated carbocycles. The summed E-state index contributed by atoms with van der Waals surface area (Å²) in [6.07, 6.45) is 0. The van der Waals surface area contributed by atoms with E-state index in [4.69, 9.17) is 0 Å². The van der Waals surface area contributed by atoms with Crippen LogP contribution in [0.4, 0.5) is 5.69 Å². The van der Waals surface area contributed by atoms with Crippen LogP contribution in [0.2, 0.25) is 0 Å². The highest BCUT2D eigenvalue weighted by molar-refractivity contribution is 5.52. The van der Waals surface area contributed by atoms with E-state index in [0.29, 0.717) is 6.04 Å². The van der Waals surface area contributed by atoms with Crippen molar-refractivity contribution in [2.45, 2.75) is 33.4 Å². The predicted molar refractivity (Wildman–Crippen MR) is 91.7 cm³/mol. The molecular formula is C19H26N2. The number of nitrogens with zero attached hydrogens (tertiary/aromatic N) is 1. The summed E-state index contributed by atoms with van der Waals surface area (Å²) in [7, 11) is 1.98. The van der Waals surface area contributed by atoms with E-state index in [-0.39, 0.29) is 0 Å². The molecule has 2 heteroatoms. The number of hydrogen-bond donors (Lipinski definition) is 1. The maximum Gasteiger partial charge on any atom is 0.0370 e. The minimum absolute atomic E-state index is 0.405. The molecule has 0 aliphatic carbocycles. The molecule has 0 aliphatic heterocycles. The first-order valence-electron chi connectivity index (χ1n) is 7.72. The molecule has 2 aromatic rings. The lowest BCUT2D eigenvalue weighted by molar-refractivity contribution is 0.213. The van der Waals surface area contributed by atoms with Crippen LogP contribution in [0, 0.1) is 6.92 Å². The number of benzene rings is 2. The van der Waals surface area contributed by atoms with Gasteiger partial charge in [-0.25, -0.2) is 0 Å². The van der Waals surface area contributed by atoms with Crippen molar-refractivity contribution < 1.29 is 0 Å². The van der Waals surface area contributed by atoms with Gasteiger partial charge >= 0.3 is 0 Å². The summed E-state index contributed by atoms with van der Waals surface area (Å²) < 4.78 is 0. The van der Waals surface area contributed by atoms with E-state index in [2.05, 4.69) is 79.5 Å². The number of hydrogen-bond acceptors (Lipinski definition) is 2. The Morgan fingerprint density at radius 2 is 1.81 bits per heavy atom. The Morgan fingerprint density at radius 3 is 2.43 bits per heavy atom. The van der Waals surface area contributed by atoms with Crippen LogP contribution in [0.15, 0.2) is 48.5 Å². The van der Waals surface area contributed by atoms with E-state index >= 15 is 0 Å². The molecule has 0 fully saturated rings. The maximum absolute atomic E-state index is 3.28. The van der Waals surface area contributed by atoms with Crippen LogP contribution in [0.1, 0.15) is 36.6 Å². The van der Waals surface area contributed by atoms with Gasteiger partial charge in [0.1, 0.15) is 0 Å². The Hall–Kier alpha value is -1.80. The fraction of sp³-hybridized carbons (Fsp3) is 0.368. The van der Waals surface area contributed by atoms with Gasteiger partial charge in [-0.05, 0) is 43.1 Å². The van der Waals surface area contributed by atoms with E-state index in [1.165, 1.54) is 22.4 Å². The van der Waals surface area contributed by atoms with Crippen LogP contribution in [0.25, 0.3) is 0 Å². The van der Waals surface area contributed by atoms with Gasteiger partial charge in [-0.15, -0.1) is 0 Å². The van der Waals surface area contributed by atoms with E-state index in [1.807, 2.05) is 7.05 Å². The van der Waals surface area contributed by atoms with Gasteiger partial charge in [-0.3, -0.25) is 4.90 Å². The number of nitrogens with one attached hydrogen (secondary N) is 1. The molecule has 112 valence electrons. The molecule has 0 spiro atoms. The fourth-order valence-corrected chi connectivity index (χ4v) is 2.72. The van der Waals surface area contributed by atoms with Gasteiger partial charge < -0.3 is 5.32 Å². The summed E-state index contributed by atoms with van der Waals surface area (Å²) in [5.74, 6) is 0. The van der Waals surface area contributed by atoms with Crippen LogP contribution in [-0.2, 0) is 6.54 Å². The maximum atomic E-state index is 3.28. The van der Waals surface area contributed by atoms with Crippen molar-refractivity contribution in [2.24, 2.45) is 0 Å². The first-order chi connectivity index (χ1) is 10.2. The second kappa shape index (κ2) is 7.28. The van der Waals surface area contributed by atoms with Crippen molar-refractivity contribution in [3.63, 3.8) is 0 Å². The van der Waals surface area contributed by atoms with Crippen LogP contribution < -0.4 is 5.32 Å². The van der Waals surface area contributed by atoms with Crippen molar-refractivity contribution >= 4 is 5.69 Å². The summed E-state index contributed by atoms with van der Waals surface area (Å²) in [5, 5.41) is 3.28. The quantitative estimate of drug-likeness (QED) is 0.831. The first kappa shape index (κ1) is 15.6. The molecule has 0 radical (unpaired) electrons. The van der Waals surface area contributed by atoms with E-state index in [1.54, 1.807) is 0 Å². The van der Waals surface area contributed by atoms with E-state index < -0.39 is 0 Å². The lowest BCUT2D eigenvalue weighted by Crippen LogP contribution is -2.26. The molecule has 0 amide bonds. The third-order valence-electron chi connectivity index (χ3n) is 4.20. The Balaban J connectivity index is 2.18. The van der Waals surface area contributed by atoms with Crippen molar-refractivity contribution in [3.05, 3.63) is 65.2 Å². The SMILES string of the molecule is CCN(Cc1ccccc1)C(C)c1ccc(C)c(NC)c1. The molecule has 1 N–H and O–H groups in total. The highest BCUT2D eigenvalue weighted by Gasteiger charge is 2.15. The number of aryl methyl sites for hydroxylation is 1. The summed E-state index contributed by atoms with van der Waals surface area (Å²) in [6, 6.07) is 17.8. The van der Waals surface area contributed by atoms with Crippen molar-refractivity contribution in [2.75, 3.05) is 18.9 Å². The molecule has 0 bridgehead atoms.